The number of carbonyl (C=O) groups is 2. The normalized spacial score (nSPS) is 20.6. The fourth-order valence-electron chi connectivity index (χ4n) is 3.03. The molecule has 2 rings (SSSR count). The van der Waals surface area contributed by atoms with Crippen LogP contribution in [-0.2, 0) is 4.79 Å². The van der Waals surface area contributed by atoms with Gasteiger partial charge in [0, 0.05) is 33.4 Å². The first-order valence-electron chi connectivity index (χ1n) is 7.88. The average molecular weight is 320 g/mol. The van der Waals surface area contributed by atoms with Gasteiger partial charge in [-0.2, -0.15) is 0 Å². The second-order valence-electron chi connectivity index (χ2n) is 6.27. The number of carboxylic acids is 1. The van der Waals surface area contributed by atoms with Gasteiger partial charge in [0.25, 0.3) is 5.91 Å². The van der Waals surface area contributed by atoms with Crippen molar-refractivity contribution >= 4 is 17.8 Å². The van der Waals surface area contributed by atoms with Gasteiger partial charge in [-0.05, 0) is 19.3 Å². The van der Waals surface area contributed by atoms with Crippen molar-refractivity contribution in [3.8, 4) is 0 Å². The molecule has 0 saturated carbocycles. The van der Waals surface area contributed by atoms with Crippen molar-refractivity contribution in [2.75, 3.05) is 32.1 Å². The van der Waals surface area contributed by atoms with Crippen molar-refractivity contribution in [3.63, 3.8) is 0 Å². The summed E-state index contributed by atoms with van der Waals surface area (Å²) in [6.45, 7) is 4.55. The number of aromatic nitrogens is 2. The Bertz CT molecular complexity index is 603. The number of hydrogen-bond acceptors (Lipinski definition) is 5. The number of carbonyl (C=O) groups excluding carboxylic acids is 1. The van der Waals surface area contributed by atoms with Gasteiger partial charge < -0.3 is 14.9 Å². The molecule has 126 valence electrons. The molecule has 1 amide bonds. The van der Waals surface area contributed by atoms with Crippen molar-refractivity contribution in [2.45, 2.75) is 26.7 Å². The molecule has 7 nitrogen and oxygen atoms in total. The van der Waals surface area contributed by atoms with E-state index in [1.165, 1.54) is 6.20 Å². The molecule has 1 aromatic rings. The molecule has 1 saturated heterocycles. The third kappa shape index (κ3) is 3.60. The van der Waals surface area contributed by atoms with E-state index in [1.54, 1.807) is 16.7 Å². The lowest BCUT2D eigenvalue weighted by molar-refractivity contribution is -0.142. The van der Waals surface area contributed by atoms with E-state index in [2.05, 4.69) is 9.97 Å². The van der Waals surface area contributed by atoms with Crippen LogP contribution in [0.15, 0.2) is 6.20 Å². The number of amides is 1. The zero-order valence-corrected chi connectivity index (χ0v) is 14.1. The Morgan fingerprint density at radius 3 is 2.61 bits per heavy atom. The van der Waals surface area contributed by atoms with Crippen molar-refractivity contribution in [2.24, 2.45) is 11.8 Å². The molecule has 2 heterocycles. The molecule has 0 aliphatic carbocycles. The van der Waals surface area contributed by atoms with Crippen molar-refractivity contribution in [3.05, 3.63) is 17.5 Å². The Balaban J connectivity index is 2.19. The lowest BCUT2D eigenvalue weighted by atomic mass is 9.92. The van der Waals surface area contributed by atoms with E-state index in [-0.39, 0.29) is 18.4 Å². The first-order valence-corrected chi connectivity index (χ1v) is 7.88. The Kier molecular flexibility index (Phi) is 5.18. The Morgan fingerprint density at radius 1 is 1.39 bits per heavy atom. The number of carboxylic acid groups (broad SMARTS) is 1. The van der Waals surface area contributed by atoms with Gasteiger partial charge in [-0.1, -0.05) is 13.3 Å². The summed E-state index contributed by atoms with van der Waals surface area (Å²) < 4.78 is 0. The molecule has 0 unspecified atom stereocenters. The number of hydrogen-bond donors (Lipinski definition) is 1. The zero-order chi connectivity index (χ0) is 17.1. The predicted molar refractivity (Wildman–Crippen MR) is 86.5 cm³/mol. The lowest BCUT2D eigenvalue weighted by Crippen LogP contribution is -2.31. The SMILES string of the molecule is CCC[C@@H]1CN(C(=O)c2cnc(N(C)C)nc2C)C[C@H]1C(=O)O. The van der Waals surface area contributed by atoms with Gasteiger partial charge in [-0.3, -0.25) is 9.59 Å². The molecule has 23 heavy (non-hydrogen) atoms. The van der Waals surface area contributed by atoms with Crippen LogP contribution in [0.3, 0.4) is 0 Å². The van der Waals surface area contributed by atoms with Crippen LogP contribution in [0.5, 0.6) is 0 Å². The molecule has 0 bridgehead atoms. The maximum atomic E-state index is 12.7. The van der Waals surface area contributed by atoms with Crippen LogP contribution >= 0.6 is 0 Å². The summed E-state index contributed by atoms with van der Waals surface area (Å²) >= 11 is 0. The molecule has 0 spiro atoms. The van der Waals surface area contributed by atoms with Crippen LogP contribution in [0.4, 0.5) is 5.95 Å². The molecular weight excluding hydrogens is 296 g/mol. The molecule has 1 aromatic heterocycles. The third-order valence-electron chi connectivity index (χ3n) is 4.30. The maximum Gasteiger partial charge on any atom is 0.308 e. The fourth-order valence-corrected chi connectivity index (χ4v) is 3.03. The van der Waals surface area contributed by atoms with Crippen LogP contribution in [0.25, 0.3) is 0 Å². The summed E-state index contributed by atoms with van der Waals surface area (Å²) in [6.07, 6.45) is 3.26. The molecule has 1 aliphatic rings. The van der Waals surface area contributed by atoms with Gasteiger partial charge in [0.1, 0.15) is 0 Å². The molecule has 7 heteroatoms. The first kappa shape index (κ1) is 17.2. The van der Waals surface area contributed by atoms with Crippen LogP contribution in [0.1, 0.15) is 35.8 Å². The number of anilines is 1. The van der Waals surface area contributed by atoms with Crippen LogP contribution in [-0.4, -0.2) is 59.0 Å². The number of nitrogens with zero attached hydrogens (tertiary/aromatic N) is 4. The molecule has 0 radical (unpaired) electrons. The second kappa shape index (κ2) is 6.93. The van der Waals surface area contributed by atoms with Crippen LogP contribution in [0, 0.1) is 18.8 Å². The largest absolute Gasteiger partial charge is 0.481 e. The number of aliphatic carboxylic acids is 1. The molecule has 1 fully saturated rings. The van der Waals surface area contributed by atoms with Crippen LogP contribution < -0.4 is 4.90 Å². The molecule has 2 atom stereocenters. The summed E-state index contributed by atoms with van der Waals surface area (Å²) in [5.41, 5.74) is 1.05. The van der Waals surface area contributed by atoms with Crippen molar-refractivity contribution in [1.29, 1.82) is 0 Å². The average Bonchev–Trinajstić information content (AvgIpc) is 2.91. The number of likely N-dealkylation sites (tertiary alicyclic amines) is 1. The Labute approximate surface area is 136 Å². The standard InChI is InChI=1S/C16H24N4O3/c1-5-6-11-8-20(9-13(11)15(22)23)14(21)12-7-17-16(19(3)4)18-10(12)2/h7,11,13H,5-6,8-9H2,1-4H3,(H,22,23)/t11-,13-/m1/s1. The second-order valence-corrected chi connectivity index (χ2v) is 6.27. The Hall–Kier alpha value is -2.18. The van der Waals surface area contributed by atoms with Crippen molar-refractivity contribution < 1.29 is 14.7 Å². The molecule has 0 aromatic carbocycles. The number of rotatable bonds is 5. The third-order valence-corrected chi connectivity index (χ3v) is 4.30. The zero-order valence-electron chi connectivity index (χ0n) is 14.1. The number of aryl methyl sites for hydroxylation is 1. The summed E-state index contributed by atoms with van der Waals surface area (Å²) in [6, 6.07) is 0. The van der Waals surface area contributed by atoms with Gasteiger partial charge in [0.15, 0.2) is 0 Å². The van der Waals surface area contributed by atoms with Gasteiger partial charge in [0.2, 0.25) is 5.95 Å². The highest BCUT2D eigenvalue weighted by Gasteiger charge is 2.39. The minimum absolute atomic E-state index is 0.0173. The maximum absolute atomic E-state index is 12.7. The van der Waals surface area contributed by atoms with E-state index in [1.807, 2.05) is 21.0 Å². The van der Waals surface area contributed by atoms with E-state index >= 15 is 0 Å². The Morgan fingerprint density at radius 2 is 2.09 bits per heavy atom. The van der Waals surface area contributed by atoms with E-state index in [9.17, 15) is 14.7 Å². The first-order chi connectivity index (χ1) is 10.8. The molecule has 1 aliphatic heterocycles. The van der Waals surface area contributed by atoms with Gasteiger partial charge in [-0.25, -0.2) is 9.97 Å². The van der Waals surface area contributed by atoms with Crippen molar-refractivity contribution in [1.82, 2.24) is 14.9 Å². The van der Waals surface area contributed by atoms with E-state index in [0.717, 1.165) is 12.8 Å². The fraction of sp³-hybridized carbons (Fsp3) is 0.625. The molecule has 1 N–H and O–H groups in total. The van der Waals surface area contributed by atoms with Crippen LogP contribution in [0.2, 0.25) is 0 Å². The monoisotopic (exact) mass is 320 g/mol. The summed E-state index contributed by atoms with van der Waals surface area (Å²) in [7, 11) is 3.67. The smallest absolute Gasteiger partial charge is 0.308 e. The van der Waals surface area contributed by atoms with E-state index in [4.69, 9.17) is 0 Å². The lowest BCUT2D eigenvalue weighted by Gasteiger charge is -2.18. The minimum Gasteiger partial charge on any atom is -0.481 e. The van der Waals surface area contributed by atoms with E-state index in [0.29, 0.717) is 23.8 Å². The topological polar surface area (TPSA) is 86.6 Å². The van der Waals surface area contributed by atoms with Gasteiger partial charge in [0.05, 0.1) is 17.2 Å². The van der Waals surface area contributed by atoms with Gasteiger partial charge in [-0.15, -0.1) is 0 Å². The highest BCUT2D eigenvalue weighted by Crippen LogP contribution is 2.29. The van der Waals surface area contributed by atoms with Gasteiger partial charge >= 0.3 is 5.97 Å². The minimum atomic E-state index is -0.824. The molecular formula is C16H24N4O3. The summed E-state index contributed by atoms with van der Waals surface area (Å²) in [5.74, 6) is -0.926. The highest BCUT2D eigenvalue weighted by molar-refractivity contribution is 5.95. The quantitative estimate of drug-likeness (QED) is 0.883. The highest BCUT2D eigenvalue weighted by atomic mass is 16.4. The summed E-state index contributed by atoms with van der Waals surface area (Å²) in [4.78, 5) is 36.0. The summed E-state index contributed by atoms with van der Waals surface area (Å²) in [5, 5.41) is 9.36. The predicted octanol–water partition coefficient (Wildman–Crippen LogP) is 1.42. The van der Waals surface area contributed by atoms with E-state index < -0.39 is 11.9 Å².